The third-order valence-electron chi connectivity index (χ3n) is 3.73. The summed E-state index contributed by atoms with van der Waals surface area (Å²) in [6.07, 6.45) is 1.81. The van der Waals surface area contributed by atoms with Crippen molar-refractivity contribution in [2.75, 3.05) is 17.1 Å². The van der Waals surface area contributed by atoms with Gasteiger partial charge in [-0.1, -0.05) is 59.3 Å². The molecular weight excluding hydrogens is 404 g/mol. The summed E-state index contributed by atoms with van der Waals surface area (Å²) in [5.41, 5.74) is 1.44. The van der Waals surface area contributed by atoms with E-state index in [1.807, 2.05) is 37.3 Å². The van der Waals surface area contributed by atoms with Crippen molar-refractivity contribution in [2.24, 2.45) is 0 Å². The Bertz CT molecular complexity index is 825. The van der Waals surface area contributed by atoms with E-state index in [-0.39, 0.29) is 18.5 Å². The molecule has 0 unspecified atom stereocenters. The zero-order valence-corrected chi connectivity index (χ0v) is 16.5. The van der Waals surface area contributed by atoms with Gasteiger partial charge in [0.05, 0.1) is 18.0 Å². The first-order chi connectivity index (χ1) is 11.8. The molecule has 1 atom stereocenters. The molecule has 0 aliphatic heterocycles. The lowest BCUT2D eigenvalue weighted by Gasteiger charge is -2.24. The molecule has 0 aliphatic carbocycles. The lowest BCUT2D eigenvalue weighted by molar-refractivity contribution is -0.120. The van der Waals surface area contributed by atoms with Crippen LogP contribution in [-0.4, -0.2) is 27.1 Å². The van der Waals surface area contributed by atoms with E-state index in [0.717, 1.165) is 20.6 Å². The van der Waals surface area contributed by atoms with Crippen molar-refractivity contribution in [3.05, 3.63) is 64.6 Å². The zero-order valence-electron chi connectivity index (χ0n) is 14.1. The third-order valence-corrected chi connectivity index (χ3v) is 5.36. The third kappa shape index (κ3) is 5.57. The monoisotopic (exact) mass is 424 g/mol. The van der Waals surface area contributed by atoms with Crippen molar-refractivity contribution < 1.29 is 13.2 Å². The number of nitrogens with zero attached hydrogens (tertiary/aromatic N) is 1. The van der Waals surface area contributed by atoms with Crippen LogP contribution in [0.25, 0.3) is 0 Å². The average Bonchev–Trinajstić information content (AvgIpc) is 2.57. The summed E-state index contributed by atoms with van der Waals surface area (Å²) in [5.74, 6) is -0.346. The Hall–Kier alpha value is -1.86. The van der Waals surface area contributed by atoms with Crippen LogP contribution in [-0.2, 0) is 14.8 Å². The zero-order chi connectivity index (χ0) is 18.4. The summed E-state index contributed by atoms with van der Waals surface area (Å²) < 4.78 is 26.1. The number of halogens is 1. The van der Waals surface area contributed by atoms with Crippen molar-refractivity contribution in [3.8, 4) is 0 Å². The molecule has 2 aromatic rings. The number of rotatable bonds is 7. The van der Waals surface area contributed by atoms with Crippen LogP contribution in [0.5, 0.6) is 0 Å². The minimum absolute atomic E-state index is 0.155. The van der Waals surface area contributed by atoms with Crippen LogP contribution in [0.4, 0.5) is 5.69 Å². The Labute approximate surface area is 157 Å². The molecule has 0 saturated carbocycles. The average molecular weight is 425 g/mol. The van der Waals surface area contributed by atoms with Crippen LogP contribution in [0.1, 0.15) is 24.9 Å². The number of nitrogens with one attached hydrogen (secondary N) is 1. The first-order valence-corrected chi connectivity index (χ1v) is 10.5. The maximum absolute atomic E-state index is 12.5. The van der Waals surface area contributed by atoms with Crippen LogP contribution in [0.2, 0.25) is 0 Å². The molecule has 2 rings (SSSR count). The summed E-state index contributed by atoms with van der Waals surface area (Å²) in [5, 5.41) is 2.91. The van der Waals surface area contributed by atoms with Crippen LogP contribution in [0.3, 0.4) is 0 Å². The van der Waals surface area contributed by atoms with Crippen LogP contribution < -0.4 is 9.62 Å². The number of sulfonamides is 1. The topological polar surface area (TPSA) is 66.5 Å². The molecule has 0 fully saturated rings. The molecule has 0 aromatic heterocycles. The fourth-order valence-corrected chi connectivity index (χ4v) is 3.74. The molecule has 0 aliphatic rings. The predicted molar refractivity (Wildman–Crippen MR) is 104 cm³/mol. The van der Waals surface area contributed by atoms with Gasteiger partial charge >= 0.3 is 0 Å². The molecule has 0 bridgehead atoms. The van der Waals surface area contributed by atoms with E-state index < -0.39 is 10.0 Å². The molecule has 1 amide bonds. The van der Waals surface area contributed by atoms with E-state index in [4.69, 9.17) is 0 Å². The maximum Gasteiger partial charge on any atom is 0.241 e. The normalized spacial score (nSPS) is 12.4. The first-order valence-electron chi connectivity index (χ1n) is 7.89. The largest absolute Gasteiger partial charge is 0.348 e. The van der Waals surface area contributed by atoms with Gasteiger partial charge in [0.25, 0.3) is 0 Å². The summed E-state index contributed by atoms with van der Waals surface area (Å²) in [6, 6.07) is 16.3. The summed E-state index contributed by atoms with van der Waals surface area (Å²) in [7, 11) is -3.59. The first kappa shape index (κ1) is 19.5. The second-order valence-corrected chi connectivity index (χ2v) is 8.51. The highest BCUT2D eigenvalue weighted by Gasteiger charge is 2.22. The van der Waals surface area contributed by atoms with Crippen molar-refractivity contribution in [1.29, 1.82) is 0 Å². The molecule has 0 radical (unpaired) electrons. The molecule has 7 heteroatoms. The fourth-order valence-electron chi connectivity index (χ4n) is 2.51. The van der Waals surface area contributed by atoms with Gasteiger partial charge in [-0.25, -0.2) is 8.42 Å². The Morgan fingerprint density at radius 2 is 1.84 bits per heavy atom. The van der Waals surface area contributed by atoms with Crippen molar-refractivity contribution in [3.63, 3.8) is 0 Å². The van der Waals surface area contributed by atoms with Gasteiger partial charge in [-0.15, -0.1) is 0 Å². The number of hydrogen-bond donors (Lipinski definition) is 1. The minimum Gasteiger partial charge on any atom is -0.348 e. The number of hydrogen-bond acceptors (Lipinski definition) is 3. The van der Waals surface area contributed by atoms with E-state index in [9.17, 15) is 13.2 Å². The summed E-state index contributed by atoms with van der Waals surface area (Å²) in [6.45, 7) is 1.71. The Balaban J connectivity index is 2.17. The molecule has 1 N–H and O–H groups in total. The predicted octanol–water partition coefficient (Wildman–Crippen LogP) is 3.48. The molecular formula is C18H21BrN2O3S. The lowest BCUT2D eigenvalue weighted by Crippen LogP contribution is -2.41. The van der Waals surface area contributed by atoms with Gasteiger partial charge in [0.15, 0.2) is 0 Å². The molecule has 0 heterocycles. The number of amides is 1. The van der Waals surface area contributed by atoms with Crippen molar-refractivity contribution in [2.45, 2.75) is 19.4 Å². The van der Waals surface area contributed by atoms with Gasteiger partial charge in [0.2, 0.25) is 15.9 Å². The van der Waals surface area contributed by atoms with E-state index >= 15 is 0 Å². The number of carbonyl (C=O) groups excluding carboxylic acids is 1. The molecule has 134 valence electrons. The van der Waals surface area contributed by atoms with E-state index in [1.54, 1.807) is 24.3 Å². The van der Waals surface area contributed by atoms with Gasteiger partial charge in [0, 0.05) is 4.47 Å². The molecule has 5 nitrogen and oxygen atoms in total. The van der Waals surface area contributed by atoms with E-state index in [0.29, 0.717) is 12.1 Å². The van der Waals surface area contributed by atoms with Crippen molar-refractivity contribution in [1.82, 2.24) is 5.32 Å². The quantitative estimate of drug-likeness (QED) is 0.739. The van der Waals surface area contributed by atoms with Crippen LogP contribution >= 0.6 is 15.9 Å². The minimum atomic E-state index is -3.59. The standard InChI is InChI=1S/C18H21BrN2O3S/c1-3-17(14-8-5-4-6-9-14)20-18(22)13-21(25(2,23)24)16-11-7-10-15(19)12-16/h4-12,17H,3,13H2,1-2H3,(H,20,22)/t17-/m1/s1. The molecule has 0 saturated heterocycles. The van der Waals surface area contributed by atoms with Gasteiger partial charge in [-0.05, 0) is 30.2 Å². The second-order valence-electron chi connectivity index (χ2n) is 5.69. The van der Waals surface area contributed by atoms with Gasteiger partial charge in [0.1, 0.15) is 6.54 Å². The molecule has 25 heavy (non-hydrogen) atoms. The Morgan fingerprint density at radius 1 is 1.16 bits per heavy atom. The summed E-state index contributed by atoms with van der Waals surface area (Å²) in [4.78, 5) is 12.5. The second kappa shape index (κ2) is 8.49. The van der Waals surface area contributed by atoms with Crippen molar-refractivity contribution >= 4 is 37.5 Å². The maximum atomic E-state index is 12.5. The lowest BCUT2D eigenvalue weighted by atomic mass is 10.0. The molecule has 0 spiro atoms. The summed E-state index contributed by atoms with van der Waals surface area (Å²) >= 11 is 3.32. The van der Waals surface area contributed by atoms with Gasteiger partial charge < -0.3 is 5.32 Å². The smallest absolute Gasteiger partial charge is 0.241 e. The Morgan fingerprint density at radius 3 is 2.40 bits per heavy atom. The van der Waals surface area contributed by atoms with Crippen LogP contribution in [0.15, 0.2) is 59.1 Å². The Kier molecular flexibility index (Phi) is 6.61. The SMILES string of the molecule is CC[C@@H](NC(=O)CN(c1cccc(Br)c1)S(C)(=O)=O)c1ccccc1. The van der Waals surface area contributed by atoms with Gasteiger partial charge in [-0.2, -0.15) is 0 Å². The van der Waals surface area contributed by atoms with E-state index in [1.165, 1.54) is 0 Å². The molecule has 2 aromatic carbocycles. The number of benzene rings is 2. The van der Waals surface area contributed by atoms with E-state index in [2.05, 4.69) is 21.2 Å². The number of anilines is 1. The number of carbonyl (C=O) groups is 1. The van der Waals surface area contributed by atoms with Gasteiger partial charge in [-0.3, -0.25) is 9.10 Å². The van der Waals surface area contributed by atoms with Crippen LogP contribution in [0, 0.1) is 0 Å². The fraction of sp³-hybridized carbons (Fsp3) is 0.278. The highest BCUT2D eigenvalue weighted by Crippen LogP contribution is 2.22. The highest BCUT2D eigenvalue weighted by atomic mass is 79.9. The highest BCUT2D eigenvalue weighted by molar-refractivity contribution is 9.10.